The summed E-state index contributed by atoms with van der Waals surface area (Å²) in [4.78, 5) is 23.7. The van der Waals surface area contributed by atoms with Crippen molar-refractivity contribution in [1.29, 1.82) is 5.26 Å². The molecule has 1 rings (SSSR count). The maximum atomic E-state index is 11.8. The van der Waals surface area contributed by atoms with E-state index < -0.39 is 21.7 Å². The highest BCUT2D eigenvalue weighted by atomic mass is 32.2. The van der Waals surface area contributed by atoms with Gasteiger partial charge in [-0.15, -0.1) is 0 Å². The van der Waals surface area contributed by atoms with Crippen molar-refractivity contribution < 1.29 is 23.1 Å². The van der Waals surface area contributed by atoms with Crippen LogP contribution in [0.15, 0.2) is 11.8 Å². The summed E-state index contributed by atoms with van der Waals surface area (Å²) in [5, 5.41) is 20.0. The monoisotopic (exact) mass is 329 g/mol. The van der Waals surface area contributed by atoms with Gasteiger partial charge < -0.3 is 15.3 Å². The minimum atomic E-state index is -3.04. The minimum absolute atomic E-state index is 0.0128. The molecule has 1 aliphatic heterocycles. The molecule has 9 heteroatoms. The Morgan fingerprint density at radius 2 is 2.18 bits per heavy atom. The maximum absolute atomic E-state index is 11.8. The molecule has 22 heavy (non-hydrogen) atoms. The Labute approximate surface area is 129 Å². The van der Waals surface area contributed by atoms with Gasteiger partial charge in [0.1, 0.15) is 11.6 Å². The van der Waals surface area contributed by atoms with Crippen molar-refractivity contribution in [3.63, 3.8) is 0 Å². The van der Waals surface area contributed by atoms with Gasteiger partial charge in [0.2, 0.25) is 0 Å². The number of nitrogens with zero attached hydrogens (tertiary/aromatic N) is 2. The van der Waals surface area contributed by atoms with Crippen LogP contribution in [0.1, 0.15) is 19.3 Å². The van der Waals surface area contributed by atoms with Crippen LogP contribution in [0, 0.1) is 11.3 Å². The predicted octanol–water partition coefficient (Wildman–Crippen LogP) is -0.506. The van der Waals surface area contributed by atoms with Crippen molar-refractivity contribution in [3.05, 3.63) is 11.8 Å². The number of aliphatic carboxylic acids is 1. The molecular weight excluding hydrogens is 310 g/mol. The Hall–Kier alpha value is -2.08. The van der Waals surface area contributed by atoms with Crippen LogP contribution in [0.4, 0.5) is 0 Å². The van der Waals surface area contributed by atoms with E-state index in [2.05, 4.69) is 5.32 Å². The Morgan fingerprint density at radius 1 is 1.50 bits per heavy atom. The van der Waals surface area contributed by atoms with Gasteiger partial charge in [-0.2, -0.15) is 5.26 Å². The molecule has 122 valence electrons. The standard InChI is InChI=1S/C13H19N3O5S/c1-16(11-4-6-22(20,21)9-11)8-10(7-14)13(19)15-5-2-3-12(17)18/h8,11H,2-6,9H2,1H3,(H,15,19)(H,17,18)/b10-8-. The van der Waals surface area contributed by atoms with E-state index in [1.54, 1.807) is 18.0 Å². The van der Waals surface area contributed by atoms with Gasteiger partial charge in [0.05, 0.1) is 11.5 Å². The second-order valence-electron chi connectivity index (χ2n) is 5.13. The third kappa shape index (κ3) is 5.73. The van der Waals surface area contributed by atoms with Gasteiger partial charge in [-0.05, 0) is 12.8 Å². The van der Waals surface area contributed by atoms with Gasteiger partial charge in [-0.1, -0.05) is 0 Å². The van der Waals surface area contributed by atoms with Gasteiger partial charge in [-0.25, -0.2) is 8.42 Å². The molecule has 0 aromatic heterocycles. The summed E-state index contributed by atoms with van der Waals surface area (Å²) >= 11 is 0. The molecule has 1 unspecified atom stereocenters. The van der Waals surface area contributed by atoms with Crippen LogP contribution >= 0.6 is 0 Å². The molecule has 0 bridgehead atoms. The van der Waals surface area contributed by atoms with E-state index in [0.29, 0.717) is 6.42 Å². The summed E-state index contributed by atoms with van der Waals surface area (Å²) in [6.07, 6.45) is 2.01. The average molecular weight is 329 g/mol. The van der Waals surface area contributed by atoms with Crippen molar-refractivity contribution in [2.24, 2.45) is 0 Å². The Bertz CT molecular complexity index is 606. The van der Waals surface area contributed by atoms with Crippen molar-refractivity contribution in [2.75, 3.05) is 25.1 Å². The molecule has 0 aromatic carbocycles. The van der Waals surface area contributed by atoms with E-state index in [9.17, 15) is 18.0 Å². The number of nitrogens with one attached hydrogen (secondary N) is 1. The molecule has 1 atom stereocenters. The van der Waals surface area contributed by atoms with Crippen LogP contribution in [0.25, 0.3) is 0 Å². The summed E-state index contributed by atoms with van der Waals surface area (Å²) in [6.45, 7) is 0.158. The lowest BCUT2D eigenvalue weighted by molar-refractivity contribution is -0.137. The smallest absolute Gasteiger partial charge is 0.303 e. The summed E-state index contributed by atoms with van der Waals surface area (Å²) in [5.74, 6) is -1.43. The number of carboxylic acids is 1. The number of hydrogen-bond acceptors (Lipinski definition) is 6. The summed E-state index contributed by atoms with van der Waals surface area (Å²) in [5.41, 5.74) is -0.137. The third-order valence-electron chi connectivity index (χ3n) is 3.34. The van der Waals surface area contributed by atoms with Gasteiger partial charge in [0, 0.05) is 32.3 Å². The third-order valence-corrected chi connectivity index (χ3v) is 5.09. The SMILES string of the molecule is CN(/C=C(/C#N)C(=O)NCCCC(=O)O)C1CCS(=O)(=O)C1. The molecule has 0 spiro atoms. The second kappa shape index (κ2) is 7.79. The van der Waals surface area contributed by atoms with Crippen molar-refractivity contribution in [1.82, 2.24) is 10.2 Å². The Balaban J connectivity index is 2.57. The Morgan fingerprint density at radius 3 is 2.68 bits per heavy atom. The lowest BCUT2D eigenvalue weighted by Crippen LogP contribution is -2.31. The normalized spacial score (nSPS) is 20.2. The number of nitriles is 1. The molecule has 0 radical (unpaired) electrons. The van der Waals surface area contributed by atoms with Crippen molar-refractivity contribution in [2.45, 2.75) is 25.3 Å². The van der Waals surface area contributed by atoms with Gasteiger partial charge in [-0.3, -0.25) is 9.59 Å². The van der Waals surface area contributed by atoms with Crippen LogP contribution in [0.3, 0.4) is 0 Å². The van der Waals surface area contributed by atoms with Gasteiger partial charge in [0.15, 0.2) is 9.84 Å². The molecule has 0 saturated carbocycles. The zero-order valence-electron chi connectivity index (χ0n) is 12.3. The average Bonchev–Trinajstić information content (AvgIpc) is 2.80. The number of carboxylic acid groups (broad SMARTS) is 1. The molecular formula is C13H19N3O5S. The van der Waals surface area contributed by atoms with E-state index in [1.165, 1.54) is 6.20 Å². The number of amides is 1. The van der Waals surface area contributed by atoms with Crippen LogP contribution in [0.5, 0.6) is 0 Å². The van der Waals surface area contributed by atoms with Crippen molar-refractivity contribution >= 4 is 21.7 Å². The summed E-state index contributed by atoms with van der Waals surface area (Å²) in [6, 6.07) is 1.53. The van der Waals surface area contributed by atoms with Crippen LogP contribution in [0.2, 0.25) is 0 Å². The number of hydrogen-bond donors (Lipinski definition) is 2. The first-order valence-corrected chi connectivity index (χ1v) is 8.61. The highest BCUT2D eigenvalue weighted by Crippen LogP contribution is 2.17. The molecule has 0 aliphatic carbocycles. The number of rotatable bonds is 7. The van der Waals surface area contributed by atoms with E-state index >= 15 is 0 Å². The Kier molecular flexibility index (Phi) is 6.37. The second-order valence-corrected chi connectivity index (χ2v) is 7.36. The highest BCUT2D eigenvalue weighted by molar-refractivity contribution is 7.91. The van der Waals surface area contributed by atoms with Crippen LogP contribution in [-0.2, 0) is 19.4 Å². The first-order valence-electron chi connectivity index (χ1n) is 6.79. The van der Waals surface area contributed by atoms with E-state index in [-0.39, 0.29) is 42.5 Å². The highest BCUT2D eigenvalue weighted by Gasteiger charge is 2.30. The molecule has 0 aromatic rings. The van der Waals surface area contributed by atoms with E-state index in [1.807, 2.05) is 0 Å². The topological polar surface area (TPSA) is 128 Å². The predicted molar refractivity (Wildman–Crippen MR) is 78.4 cm³/mol. The van der Waals surface area contributed by atoms with E-state index in [4.69, 9.17) is 10.4 Å². The van der Waals surface area contributed by atoms with Crippen LogP contribution < -0.4 is 5.32 Å². The molecule has 1 saturated heterocycles. The maximum Gasteiger partial charge on any atom is 0.303 e. The first kappa shape index (κ1) is 18.0. The largest absolute Gasteiger partial charge is 0.481 e. The molecule has 2 N–H and O–H groups in total. The van der Waals surface area contributed by atoms with E-state index in [0.717, 1.165) is 0 Å². The molecule has 1 amide bonds. The minimum Gasteiger partial charge on any atom is -0.481 e. The molecule has 8 nitrogen and oxygen atoms in total. The van der Waals surface area contributed by atoms with Crippen molar-refractivity contribution in [3.8, 4) is 6.07 Å². The fraction of sp³-hybridized carbons (Fsp3) is 0.615. The zero-order valence-corrected chi connectivity index (χ0v) is 13.1. The zero-order chi connectivity index (χ0) is 16.8. The number of sulfone groups is 1. The molecule has 1 heterocycles. The first-order chi connectivity index (χ1) is 10.2. The fourth-order valence-corrected chi connectivity index (χ4v) is 3.87. The lowest BCUT2D eigenvalue weighted by Gasteiger charge is -2.21. The fourth-order valence-electron chi connectivity index (χ4n) is 2.08. The molecule has 1 fully saturated rings. The van der Waals surface area contributed by atoms with Gasteiger partial charge in [0.25, 0.3) is 5.91 Å². The lowest BCUT2D eigenvalue weighted by atomic mass is 10.2. The number of carbonyl (C=O) groups excluding carboxylic acids is 1. The van der Waals surface area contributed by atoms with Gasteiger partial charge >= 0.3 is 5.97 Å². The summed E-state index contributed by atoms with van der Waals surface area (Å²) in [7, 11) is -1.41. The molecule has 1 aliphatic rings. The number of carbonyl (C=O) groups is 2. The van der Waals surface area contributed by atoms with Crippen LogP contribution in [-0.4, -0.2) is 61.4 Å². The quantitative estimate of drug-likeness (QED) is 0.366. The summed E-state index contributed by atoms with van der Waals surface area (Å²) < 4.78 is 22.8.